The van der Waals surface area contributed by atoms with Gasteiger partial charge in [-0.25, -0.2) is 18.1 Å². The number of hydrogen-bond acceptors (Lipinski definition) is 9. The van der Waals surface area contributed by atoms with Gasteiger partial charge in [0, 0.05) is 32.4 Å². The van der Waals surface area contributed by atoms with E-state index < -0.39 is 9.84 Å². The van der Waals surface area contributed by atoms with Gasteiger partial charge in [0.2, 0.25) is 0 Å². The van der Waals surface area contributed by atoms with Crippen LogP contribution in [0.2, 0.25) is 0 Å². The summed E-state index contributed by atoms with van der Waals surface area (Å²) in [6.45, 7) is 4.00. The van der Waals surface area contributed by atoms with Gasteiger partial charge in [-0.15, -0.1) is 5.10 Å². The molecule has 1 amide bonds. The monoisotopic (exact) mass is 500 g/mol. The maximum absolute atomic E-state index is 13.5. The van der Waals surface area contributed by atoms with Crippen LogP contribution in [0.3, 0.4) is 0 Å². The van der Waals surface area contributed by atoms with E-state index in [0.717, 1.165) is 24.9 Å². The Hall–Kier alpha value is -2.93. The van der Waals surface area contributed by atoms with Gasteiger partial charge in [0.15, 0.2) is 15.0 Å². The van der Waals surface area contributed by atoms with Crippen molar-refractivity contribution in [1.82, 2.24) is 24.9 Å². The fraction of sp³-hybridized carbons (Fsp3) is 0.364. The second-order valence-electron chi connectivity index (χ2n) is 8.11. The van der Waals surface area contributed by atoms with Crippen LogP contribution in [0.4, 0.5) is 5.13 Å². The molecule has 1 aliphatic rings. The minimum atomic E-state index is -3.46. The quantitative estimate of drug-likeness (QED) is 0.378. The van der Waals surface area contributed by atoms with Crippen molar-refractivity contribution in [2.45, 2.75) is 11.4 Å². The maximum Gasteiger partial charge on any atom is 0.250 e. The average Bonchev–Trinajstić information content (AvgIpc) is 3.43. The number of carbonyl (C=O) groups excluding carboxylic acids is 1. The van der Waals surface area contributed by atoms with Crippen molar-refractivity contribution >= 4 is 53.5 Å². The van der Waals surface area contributed by atoms with Crippen LogP contribution in [0.25, 0.3) is 21.3 Å². The van der Waals surface area contributed by atoms with E-state index in [-0.39, 0.29) is 17.3 Å². The molecule has 2 aromatic heterocycles. The molecule has 5 rings (SSSR count). The number of thiazole rings is 1. The molecule has 4 aromatic rings. The normalized spacial score (nSPS) is 15.2. The van der Waals surface area contributed by atoms with Gasteiger partial charge in [-0.05, 0) is 24.3 Å². The van der Waals surface area contributed by atoms with Crippen LogP contribution in [0.1, 0.15) is 0 Å². The minimum absolute atomic E-state index is 0.00150. The number of nitrogens with zero attached hydrogens (tertiary/aromatic N) is 6. The molecule has 0 unspecified atom stereocenters. The number of hydrogen-bond donors (Lipinski definition) is 0. The van der Waals surface area contributed by atoms with E-state index >= 15 is 0 Å². The molecule has 0 saturated carbocycles. The topological polar surface area (TPSA) is 111 Å². The Bertz CT molecular complexity index is 1440. The predicted octanol–water partition coefficient (Wildman–Crippen LogP) is 1.81. The number of anilines is 1. The van der Waals surface area contributed by atoms with E-state index in [0.29, 0.717) is 47.2 Å². The summed E-state index contributed by atoms with van der Waals surface area (Å²) in [6.07, 6.45) is 1.16. The number of benzene rings is 2. The van der Waals surface area contributed by atoms with Gasteiger partial charge in [-0.2, -0.15) is 0 Å². The van der Waals surface area contributed by atoms with Gasteiger partial charge in [-0.1, -0.05) is 34.7 Å². The van der Waals surface area contributed by atoms with Crippen LogP contribution in [-0.4, -0.2) is 84.9 Å². The number of aromatic nitrogens is 4. The highest BCUT2D eigenvalue weighted by atomic mass is 32.2. The average molecular weight is 501 g/mol. The number of fused-ring (bicyclic) bond motifs is 2. The maximum atomic E-state index is 13.5. The number of sulfone groups is 1. The largest absolute Gasteiger partial charge is 0.379 e. The predicted molar refractivity (Wildman–Crippen MR) is 130 cm³/mol. The Morgan fingerprint density at radius 2 is 1.94 bits per heavy atom. The van der Waals surface area contributed by atoms with Gasteiger partial charge >= 0.3 is 0 Å². The smallest absolute Gasteiger partial charge is 0.250 e. The van der Waals surface area contributed by atoms with Crippen molar-refractivity contribution in [2.75, 3.05) is 50.5 Å². The van der Waals surface area contributed by atoms with Crippen molar-refractivity contribution in [3.63, 3.8) is 0 Å². The molecule has 1 fully saturated rings. The Labute approximate surface area is 200 Å². The van der Waals surface area contributed by atoms with Gasteiger partial charge in [0.05, 0.1) is 28.3 Å². The highest BCUT2D eigenvalue weighted by Crippen LogP contribution is 2.33. The first-order valence-electron chi connectivity index (χ1n) is 10.9. The van der Waals surface area contributed by atoms with Crippen molar-refractivity contribution in [1.29, 1.82) is 0 Å². The standard InChI is InChI=1S/C22H24N6O4S2/c1-34(30,31)19-8-4-7-18-21(19)23-22(33-18)27(10-9-26-11-13-32-14-12-26)20(29)15-28-17-6-3-2-5-16(17)24-25-28/h2-8H,9-15H2,1H3. The number of para-hydroxylation sites is 2. The van der Waals surface area contributed by atoms with Crippen LogP contribution < -0.4 is 4.90 Å². The molecule has 0 bridgehead atoms. The van der Waals surface area contributed by atoms with E-state index in [1.807, 2.05) is 30.3 Å². The first-order chi connectivity index (χ1) is 16.4. The van der Waals surface area contributed by atoms with Crippen molar-refractivity contribution in [2.24, 2.45) is 0 Å². The van der Waals surface area contributed by atoms with Gasteiger partial charge in [0.25, 0.3) is 5.91 Å². The Morgan fingerprint density at radius 1 is 1.15 bits per heavy atom. The molecule has 1 aliphatic heterocycles. The van der Waals surface area contributed by atoms with Crippen molar-refractivity contribution in [3.05, 3.63) is 42.5 Å². The van der Waals surface area contributed by atoms with E-state index in [9.17, 15) is 13.2 Å². The van der Waals surface area contributed by atoms with Gasteiger partial charge in [0.1, 0.15) is 17.6 Å². The molecule has 3 heterocycles. The molecule has 0 aliphatic carbocycles. The van der Waals surface area contributed by atoms with Crippen LogP contribution in [0, 0.1) is 0 Å². The fourth-order valence-corrected chi connectivity index (χ4v) is 5.90. The van der Waals surface area contributed by atoms with E-state index in [4.69, 9.17) is 4.74 Å². The molecule has 10 nitrogen and oxygen atoms in total. The van der Waals surface area contributed by atoms with Crippen LogP contribution in [0.5, 0.6) is 0 Å². The summed E-state index contributed by atoms with van der Waals surface area (Å²) in [7, 11) is -3.46. The highest BCUT2D eigenvalue weighted by Gasteiger charge is 2.24. The molecule has 2 aromatic carbocycles. The summed E-state index contributed by atoms with van der Waals surface area (Å²) >= 11 is 1.31. The van der Waals surface area contributed by atoms with Crippen molar-refractivity contribution in [3.8, 4) is 0 Å². The highest BCUT2D eigenvalue weighted by molar-refractivity contribution is 7.91. The summed E-state index contributed by atoms with van der Waals surface area (Å²) in [6, 6.07) is 12.5. The minimum Gasteiger partial charge on any atom is -0.379 e. The number of rotatable bonds is 7. The van der Waals surface area contributed by atoms with E-state index in [1.165, 1.54) is 11.3 Å². The summed E-state index contributed by atoms with van der Waals surface area (Å²) in [4.78, 5) is 22.2. The fourth-order valence-electron chi connectivity index (χ4n) is 3.97. The molecule has 0 N–H and O–H groups in total. The Kier molecular flexibility index (Phi) is 6.30. The zero-order valence-corrected chi connectivity index (χ0v) is 20.3. The summed E-state index contributed by atoms with van der Waals surface area (Å²) in [5.41, 5.74) is 1.88. The van der Waals surface area contributed by atoms with Crippen LogP contribution in [0.15, 0.2) is 47.4 Å². The number of ether oxygens (including phenoxy) is 1. The molecular formula is C22H24N6O4S2. The first-order valence-corrected chi connectivity index (χ1v) is 13.6. The zero-order valence-electron chi connectivity index (χ0n) is 18.6. The number of morpholine rings is 1. The lowest BCUT2D eigenvalue weighted by Gasteiger charge is -2.29. The van der Waals surface area contributed by atoms with Gasteiger partial charge < -0.3 is 4.74 Å². The Balaban J connectivity index is 1.48. The summed E-state index contributed by atoms with van der Waals surface area (Å²) in [5, 5.41) is 8.75. The van der Waals surface area contributed by atoms with Crippen LogP contribution in [-0.2, 0) is 25.9 Å². The molecular weight excluding hydrogens is 476 g/mol. The molecule has 178 valence electrons. The molecule has 12 heteroatoms. The molecule has 0 atom stereocenters. The molecule has 1 saturated heterocycles. The number of amides is 1. The van der Waals surface area contributed by atoms with Crippen molar-refractivity contribution < 1.29 is 17.9 Å². The molecule has 0 radical (unpaired) electrons. The lowest BCUT2D eigenvalue weighted by molar-refractivity contribution is -0.119. The van der Waals surface area contributed by atoms with E-state index in [1.54, 1.807) is 21.7 Å². The number of carbonyl (C=O) groups is 1. The van der Waals surface area contributed by atoms with Crippen LogP contribution >= 0.6 is 11.3 Å². The Morgan fingerprint density at radius 3 is 2.74 bits per heavy atom. The summed E-state index contributed by atoms with van der Waals surface area (Å²) < 4.78 is 32.3. The third-order valence-corrected chi connectivity index (χ3v) is 7.92. The van der Waals surface area contributed by atoms with Gasteiger partial charge in [-0.3, -0.25) is 14.6 Å². The molecule has 34 heavy (non-hydrogen) atoms. The second-order valence-corrected chi connectivity index (χ2v) is 11.1. The van der Waals surface area contributed by atoms with E-state index in [2.05, 4.69) is 20.2 Å². The zero-order chi connectivity index (χ0) is 23.7. The third kappa shape index (κ3) is 4.67. The lowest BCUT2D eigenvalue weighted by Crippen LogP contribution is -2.44. The first kappa shape index (κ1) is 22.8. The second kappa shape index (κ2) is 9.37. The molecule has 0 spiro atoms. The SMILES string of the molecule is CS(=O)(=O)c1cccc2sc(N(CCN3CCOCC3)C(=O)Cn3nnc4ccccc43)nc12. The third-order valence-electron chi connectivity index (χ3n) is 5.75. The summed E-state index contributed by atoms with van der Waals surface area (Å²) in [5.74, 6) is -0.191. The lowest BCUT2D eigenvalue weighted by atomic mass is 10.3.